The Balaban J connectivity index is 0.000000761. The highest BCUT2D eigenvalue weighted by atomic mass is 19.4. The highest BCUT2D eigenvalue weighted by Crippen LogP contribution is 2.13. The van der Waals surface area contributed by atoms with Crippen molar-refractivity contribution in [3.05, 3.63) is 24.4 Å². The van der Waals surface area contributed by atoms with Crippen LogP contribution >= 0.6 is 0 Å². The molecule has 17 heteroatoms. The third kappa shape index (κ3) is 16.6. The van der Waals surface area contributed by atoms with Gasteiger partial charge in [-0.15, -0.1) is 0 Å². The van der Waals surface area contributed by atoms with E-state index in [1.165, 1.54) is 0 Å². The van der Waals surface area contributed by atoms with E-state index in [1.54, 1.807) is 6.20 Å². The number of halogens is 6. The first kappa shape index (κ1) is 33.4. The van der Waals surface area contributed by atoms with E-state index in [2.05, 4.69) is 15.2 Å². The predicted molar refractivity (Wildman–Crippen MR) is 115 cm³/mol. The summed E-state index contributed by atoms with van der Waals surface area (Å²) >= 11 is 0. The number of nitrogens with one attached hydrogen (secondary N) is 1. The molecule has 37 heavy (non-hydrogen) atoms. The van der Waals surface area contributed by atoms with Crippen LogP contribution in [0.2, 0.25) is 0 Å². The smallest absolute Gasteiger partial charge is 0.481 e. The van der Waals surface area contributed by atoms with E-state index in [0.717, 1.165) is 38.5 Å². The number of carboxylic acid groups (broad SMARTS) is 3. The van der Waals surface area contributed by atoms with Gasteiger partial charge < -0.3 is 25.5 Å². The molecule has 11 nitrogen and oxygen atoms in total. The van der Waals surface area contributed by atoms with Gasteiger partial charge >= 0.3 is 30.3 Å². The summed E-state index contributed by atoms with van der Waals surface area (Å²) in [6, 6.07) is 5.63. The zero-order chi connectivity index (χ0) is 28.6. The number of anilines is 1. The fraction of sp³-hybridized carbons (Fsp3) is 0.550. The number of amides is 1. The topological polar surface area (TPSA) is 160 Å². The van der Waals surface area contributed by atoms with E-state index in [9.17, 15) is 35.9 Å². The third-order valence-corrected chi connectivity index (χ3v) is 4.38. The van der Waals surface area contributed by atoms with Crippen molar-refractivity contribution in [3.8, 4) is 0 Å². The number of rotatable bonds is 8. The van der Waals surface area contributed by atoms with Crippen LogP contribution in [0.1, 0.15) is 19.3 Å². The van der Waals surface area contributed by atoms with Crippen LogP contribution in [0.5, 0.6) is 0 Å². The maximum atomic E-state index is 12.2. The first-order valence-electron chi connectivity index (χ1n) is 10.5. The molecule has 210 valence electrons. The second-order valence-corrected chi connectivity index (χ2v) is 7.22. The summed E-state index contributed by atoms with van der Waals surface area (Å²) in [5, 5.41) is 26.0. The van der Waals surface area contributed by atoms with Crippen molar-refractivity contribution in [1.82, 2.24) is 14.8 Å². The van der Waals surface area contributed by atoms with E-state index in [4.69, 9.17) is 24.9 Å². The SMILES string of the molecule is O=C(O)C(F)(F)F.O=C(O)C(F)(F)F.O=C(O)CCCN1CCN(C(=O)CCNc2ccccn2)CC1. The molecule has 1 aliphatic heterocycles. The molecule has 1 aromatic heterocycles. The number of nitrogens with zero attached hydrogens (tertiary/aromatic N) is 3. The van der Waals surface area contributed by atoms with E-state index < -0.39 is 30.3 Å². The number of alkyl halides is 6. The summed E-state index contributed by atoms with van der Waals surface area (Å²) in [6.07, 6.45) is -7.13. The van der Waals surface area contributed by atoms with Crippen LogP contribution in [-0.2, 0) is 19.2 Å². The Labute approximate surface area is 206 Å². The van der Waals surface area contributed by atoms with Crippen LogP contribution in [0.3, 0.4) is 0 Å². The molecule has 2 rings (SSSR count). The van der Waals surface area contributed by atoms with Crippen molar-refractivity contribution in [2.75, 3.05) is 44.6 Å². The fourth-order valence-electron chi connectivity index (χ4n) is 2.60. The Morgan fingerprint density at radius 1 is 0.865 bits per heavy atom. The standard InChI is InChI=1S/C16H24N4O3.2C2HF3O2/c21-15(6-8-18-14-4-1-2-7-17-14)20-12-10-19(11-13-20)9-3-5-16(22)23;2*3-2(4,5)1(6)7/h1-2,4,7H,3,5-6,8-13H2,(H,17,18)(H,22,23);2*(H,6,7). The maximum absolute atomic E-state index is 12.2. The summed E-state index contributed by atoms with van der Waals surface area (Å²) in [5.41, 5.74) is 0. The van der Waals surface area contributed by atoms with Crippen molar-refractivity contribution < 1.29 is 60.8 Å². The van der Waals surface area contributed by atoms with Crippen LogP contribution in [0.15, 0.2) is 24.4 Å². The Hall–Kier alpha value is -3.63. The highest BCUT2D eigenvalue weighted by Gasteiger charge is 2.38. The Morgan fingerprint density at radius 2 is 1.38 bits per heavy atom. The van der Waals surface area contributed by atoms with Gasteiger partial charge in [-0.25, -0.2) is 14.6 Å². The largest absolute Gasteiger partial charge is 0.490 e. The van der Waals surface area contributed by atoms with E-state index in [1.807, 2.05) is 23.1 Å². The number of carboxylic acids is 3. The number of carbonyl (C=O) groups excluding carboxylic acids is 1. The van der Waals surface area contributed by atoms with Gasteiger partial charge in [-0.05, 0) is 25.1 Å². The van der Waals surface area contributed by atoms with Gasteiger partial charge in [0.25, 0.3) is 0 Å². The van der Waals surface area contributed by atoms with Crippen LogP contribution in [0.4, 0.5) is 32.2 Å². The molecule has 0 radical (unpaired) electrons. The Bertz CT molecular complexity index is 837. The van der Waals surface area contributed by atoms with Crippen LogP contribution in [0, 0.1) is 0 Å². The van der Waals surface area contributed by atoms with Gasteiger partial charge in [0.05, 0.1) is 0 Å². The van der Waals surface area contributed by atoms with Gasteiger partial charge in [-0.1, -0.05) is 6.07 Å². The summed E-state index contributed by atoms with van der Waals surface area (Å²) in [7, 11) is 0. The lowest BCUT2D eigenvalue weighted by Gasteiger charge is -2.34. The molecule has 2 heterocycles. The summed E-state index contributed by atoms with van der Waals surface area (Å²) < 4.78 is 63.5. The van der Waals surface area contributed by atoms with E-state index in [-0.39, 0.29) is 12.3 Å². The minimum Gasteiger partial charge on any atom is -0.481 e. The van der Waals surface area contributed by atoms with Gasteiger partial charge in [0.1, 0.15) is 5.82 Å². The highest BCUT2D eigenvalue weighted by molar-refractivity contribution is 5.76. The number of piperazine rings is 1. The first-order valence-corrected chi connectivity index (χ1v) is 10.5. The van der Waals surface area contributed by atoms with Crippen molar-refractivity contribution in [1.29, 1.82) is 0 Å². The third-order valence-electron chi connectivity index (χ3n) is 4.38. The molecule has 1 aromatic rings. The average molecular weight is 548 g/mol. The van der Waals surface area contributed by atoms with Crippen molar-refractivity contribution in [2.24, 2.45) is 0 Å². The van der Waals surface area contributed by atoms with Gasteiger partial charge in [-0.3, -0.25) is 14.5 Å². The Kier molecular flexibility index (Phi) is 14.6. The molecule has 1 amide bonds. The Morgan fingerprint density at radius 3 is 1.78 bits per heavy atom. The van der Waals surface area contributed by atoms with Crippen LogP contribution in [-0.4, -0.2) is 106 Å². The van der Waals surface area contributed by atoms with Crippen molar-refractivity contribution in [3.63, 3.8) is 0 Å². The molecule has 0 atom stereocenters. The molecule has 0 spiro atoms. The zero-order valence-corrected chi connectivity index (χ0v) is 19.3. The average Bonchev–Trinajstić information content (AvgIpc) is 2.79. The molecule has 1 aliphatic rings. The normalized spacial score (nSPS) is 13.8. The summed E-state index contributed by atoms with van der Waals surface area (Å²) in [5.74, 6) is -5.33. The minimum absolute atomic E-state index is 0.151. The number of aromatic nitrogens is 1. The lowest BCUT2D eigenvalue weighted by molar-refractivity contribution is -0.193. The van der Waals surface area contributed by atoms with Crippen LogP contribution in [0.25, 0.3) is 0 Å². The summed E-state index contributed by atoms with van der Waals surface area (Å²) in [6.45, 7) is 4.44. The maximum Gasteiger partial charge on any atom is 0.490 e. The molecule has 1 fully saturated rings. The number of hydrogen-bond acceptors (Lipinski definition) is 7. The molecule has 1 saturated heterocycles. The molecule has 0 saturated carbocycles. The number of aliphatic carboxylic acids is 3. The molecule has 4 N–H and O–H groups in total. The molecule has 0 unspecified atom stereocenters. The van der Waals surface area contributed by atoms with Gasteiger partial charge in [0, 0.05) is 51.8 Å². The quantitative estimate of drug-likeness (QED) is 0.355. The molecule has 0 bridgehead atoms. The lowest BCUT2D eigenvalue weighted by Crippen LogP contribution is -2.49. The van der Waals surface area contributed by atoms with Gasteiger partial charge in [0.2, 0.25) is 5.91 Å². The predicted octanol–water partition coefficient (Wildman–Crippen LogP) is 2.16. The second kappa shape index (κ2) is 16.2. The van der Waals surface area contributed by atoms with E-state index >= 15 is 0 Å². The first-order chi connectivity index (χ1) is 17.0. The number of carbonyl (C=O) groups is 4. The molecular formula is C20H26F6N4O7. The number of hydrogen-bond donors (Lipinski definition) is 4. The molecule has 0 aliphatic carbocycles. The lowest BCUT2D eigenvalue weighted by atomic mass is 10.2. The molecular weight excluding hydrogens is 522 g/mol. The van der Waals surface area contributed by atoms with Crippen LogP contribution < -0.4 is 5.32 Å². The minimum atomic E-state index is -5.08. The van der Waals surface area contributed by atoms with Gasteiger partial charge in [0.15, 0.2) is 0 Å². The van der Waals surface area contributed by atoms with Crippen molar-refractivity contribution >= 4 is 29.6 Å². The second-order valence-electron chi connectivity index (χ2n) is 7.22. The fourth-order valence-corrected chi connectivity index (χ4v) is 2.60. The molecule has 0 aromatic carbocycles. The van der Waals surface area contributed by atoms with Crippen molar-refractivity contribution in [2.45, 2.75) is 31.6 Å². The summed E-state index contributed by atoms with van der Waals surface area (Å²) in [4.78, 5) is 48.7. The number of pyridine rings is 1. The zero-order valence-electron chi connectivity index (χ0n) is 19.3. The van der Waals surface area contributed by atoms with Gasteiger partial charge in [-0.2, -0.15) is 26.3 Å². The monoisotopic (exact) mass is 548 g/mol. The van der Waals surface area contributed by atoms with E-state index in [0.29, 0.717) is 19.4 Å².